The summed E-state index contributed by atoms with van der Waals surface area (Å²) in [5, 5.41) is 19.9. The Morgan fingerprint density at radius 3 is 1.75 bits per heavy atom. The van der Waals surface area contributed by atoms with E-state index in [9.17, 15) is 5.26 Å². The lowest BCUT2D eigenvalue weighted by atomic mass is 9.96. The molecule has 0 saturated heterocycles. The van der Waals surface area contributed by atoms with Crippen LogP contribution in [0.4, 0.5) is 0 Å². The predicted octanol–water partition coefficient (Wildman–Crippen LogP) is 17.5. The first-order chi connectivity index (χ1) is 35.7. The monoisotopic (exact) mass is 935 g/mol. The van der Waals surface area contributed by atoms with Crippen molar-refractivity contribution in [2.45, 2.75) is 0 Å². The van der Waals surface area contributed by atoms with Gasteiger partial charge in [-0.2, -0.15) is 5.26 Å². The van der Waals surface area contributed by atoms with Gasteiger partial charge >= 0.3 is 0 Å². The number of fused-ring (bicyclic) bond motifs is 13. The fraction of sp³-hybridized carbons (Fsp3) is 0. The molecule has 7 heteroatoms. The lowest BCUT2D eigenvalue weighted by molar-refractivity contribution is 0.669. The van der Waals surface area contributed by atoms with Crippen LogP contribution in [-0.4, -0.2) is 19.1 Å². The molecule has 0 aliphatic carbocycles. The van der Waals surface area contributed by atoms with Crippen LogP contribution in [0, 0.1) is 11.3 Å². The van der Waals surface area contributed by atoms with Crippen LogP contribution < -0.4 is 0 Å². The highest BCUT2D eigenvalue weighted by Crippen LogP contribution is 2.49. The summed E-state index contributed by atoms with van der Waals surface area (Å²) < 4.78 is 14.5. The van der Waals surface area contributed by atoms with Gasteiger partial charge in [0.15, 0.2) is 5.82 Å². The Balaban J connectivity index is 1.10. The second kappa shape index (κ2) is 15.7. The van der Waals surface area contributed by atoms with E-state index in [1.807, 2.05) is 84.1 Å². The van der Waals surface area contributed by atoms with Crippen LogP contribution in [-0.2, 0) is 0 Å². The summed E-state index contributed by atoms with van der Waals surface area (Å²) >= 11 is 1.84. The zero-order valence-electron chi connectivity index (χ0n) is 38.4. The van der Waals surface area contributed by atoms with Crippen molar-refractivity contribution in [2.75, 3.05) is 0 Å². The second-order valence-electron chi connectivity index (χ2n) is 18.3. The van der Waals surface area contributed by atoms with E-state index in [1.165, 1.54) is 30.9 Å². The SMILES string of the molecule is N#Cc1c(-c2ccccc2)nc(-c2ccc(-n3c4ccccc4c4c3c(-c3ccc5sc6ccccc6c5c3)cc3c5ccccc5n(-c5ccccc5)c34)c3c2oc2ccccc23)nc1-c1ccccc1. The summed E-state index contributed by atoms with van der Waals surface area (Å²) in [5.41, 5.74) is 14.1. The molecule has 0 radical (unpaired) electrons. The fourth-order valence-corrected chi connectivity index (χ4v) is 12.4. The smallest absolute Gasteiger partial charge is 0.164 e. The zero-order chi connectivity index (χ0) is 47.4. The molecule has 0 aliphatic heterocycles. The summed E-state index contributed by atoms with van der Waals surface area (Å²) in [6.07, 6.45) is 0. The summed E-state index contributed by atoms with van der Waals surface area (Å²) in [4.78, 5) is 10.5. The van der Waals surface area contributed by atoms with Gasteiger partial charge in [-0.05, 0) is 72.3 Å². The quantitative estimate of drug-likeness (QED) is 0.166. The number of thiophene rings is 1. The number of hydrogen-bond donors (Lipinski definition) is 0. The van der Waals surface area contributed by atoms with Crippen LogP contribution in [0.2, 0.25) is 0 Å². The molecular formula is C65H37N5OS. The summed E-state index contributed by atoms with van der Waals surface area (Å²) in [6, 6.07) is 81.4. The molecule has 6 nitrogen and oxygen atoms in total. The Labute approximate surface area is 416 Å². The minimum absolute atomic E-state index is 0.416. The van der Waals surface area contributed by atoms with E-state index in [0.717, 1.165) is 88.4 Å². The number of nitriles is 1. The number of benzene rings is 10. The molecule has 0 spiro atoms. The lowest BCUT2D eigenvalue weighted by Crippen LogP contribution is -2.02. The zero-order valence-corrected chi connectivity index (χ0v) is 39.2. The van der Waals surface area contributed by atoms with E-state index < -0.39 is 0 Å². The first-order valence-electron chi connectivity index (χ1n) is 24.0. The lowest BCUT2D eigenvalue weighted by Gasteiger charge is -2.16. The van der Waals surface area contributed by atoms with Gasteiger partial charge < -0.3 is 13.6 Å². The fourth-order valence-electron chi connectivity index (χ4n) is 11.3. The molecule has 5 heterocycles. The van der Waals surface area contributed by atoms with Crippen LogP contribution in [0.15, 0.2) is 229 Å². The van der Waals surface area contributed by atoms with Gasteiger partial charge in [0.2, 0.25) is 0 Å². The minimum Gasteiger partial charge on any atom is -0.455 e. The molecule has 72 heavy (non-hydrogen) atoms. The van der Waals surface area contributed by atoms with Crippen molar-refractivity contribution in [1.29, 1.82) is 5.26 Å². The summed E-state index contributed by atoms with van der Waals surface area (Å²) in [6.45, 7) is 0. The van der Waals surface area contributed by atoms with Crippen molar-refractivity contribution in [1.82, 2.24) is 19.1 Å². The van der Waals surface area contributed by atoms with Crippen molar-refractivity contribution in [3.63, 3.8) is 0 Å². The molecule has 0 N–H and O–H groups in total. The molecular weight excluding hydrogens is 899 g/mol. The molecule has 0 unspecified atom stereocenters. The largest absolute Gasteiger partial charge is 0.455 e. The summed E-state index contributed by atoms with van der Waals surface area (Å²) in [5.74, 6) is 0.468. The van der Waals surface area contributed by atoms with Gasteiger partial charge in [-0.25, -0.2) is 9.97 Å². The third kappa shape index (κ3) is 5.88. The van der Waals surface area contributed by atoms with Crippen LogP contribution in [0.1, 0.15) is 5.56 Å². The number of hydrogen-bond acceptors (Lipinski definition) is 5. The highest BCUT2D eigenvalue weighted by molar-refractivity contribution is 7.25. The highest BCUT2D eigenvalue weighted by Gasteiger charge is 2.28. The first kappa shape index (κ1) is 40.3. The molecule has 0 aliphatic rings. The Kier molecular flexibility index (Phi) is 8.79. The van der Waals surface area contributed by atoms with Crippen molar-refractivity contribution in [2.24, 2.45) is 0 Å². The van der Waals surface area contributed by atoms with E-state index >= 15 is 0 Å². The van der Waals surface area contributed by atoms with Crippen molar-refractivity contribution in [3.8, 4) is 62.5 Å². The van der Waals surface area contributed by atoms with Crippen molar-refractivity contribution >= 4 is 97.1 Å². The number of aromatic nitrogens is 4. The van der Waals surface area contributed by atoms with Crippen LogP contribution in [0.5, 0.6) is 0 Å². The van der Waals surface area contributed by atoms with Gasteiger partial charge in [0.25, 0.3) is 0 Å². The molecule has 0 fully saturated rings. The van der Waals surface area contributed by atoms with E-state index in [1.54, 1.807) is 0 Å². The molecule has 5 aromatic heterocycles. The molecule has 15 rings (SSSR count). The number of para-hydroxylation sites is 4. The third-order valence-electron chi connectivity index (χ3n) is 14.4. The Bertz CT molecular complexity index is 4690. The van der Waals surface area contributed by atoms with Gasteiger partial charge in [0.1, 0.15) is 22.8 Å². The standard InChI is InChI=1S/C65H37N5OS/c66-38-51-60(39-18-4-1-5-19-39)67-65(68-61(51)40-20-6-2-7-21-40)47-33-34-54(58-46-27-12-16-30-55(46)71-64(47)58)70-53-29-15-11-26-45(53)59-62(70)48(41-32-35-57-49(36-41)44-25-13-17-31-56(44)72-57)37-50-43-24-10-14-28-52(43)69(63(50)59)42-22-8-3-9-23-42/h1-37H. The maximum absolute atomic E-state index is 10.8. The van der Waals surface area contributed by atoms with Gasteiger partial charge in [-0.3, -0.25) is 0 Å². The first-order valence-corrected chi connectivity index (χ1v) is 24.9. The number of furan rings is 1. The molecule has 15 aromatic rings. The molecule has 0 saturated carbocycles. The molecule has 334 valence electrons. The van der Waals surface area contributed by atoms with Gasteiger partial charge in [-0.1, -0.05) is 158 Å². The van der Waals surface area contributed by atoms with Crippen molar-refractivity contribution < 1.29 is 4.42 Å². The maximum atomic E-state index is 10.8. The van der Waals surface area contributed by atoms with Crippen LogP contribution in [0.3, 0.4) is 0 Å². The van der Waals surface area contributed by atoms with E-state index in [4.69, 9.17) is 14.4 Å². The van der Waals surface area contributed by atoms with Gasteiger partial charge in [-0.15, -0.1) is 11.3 Å². The second-order valence-corrected chi connectivity index (χ2v) is 19.4. The van der Waals surface area contributed by atoms with Gasteiger partial charge in [0, 0.05) is 69.5 Å². The Hall–Kier alpha value is -9.61. The maximum Gasteiger partial charge on any atom is 0.164 e. The molecule has 0 atom stereocenters. The van der Waals surface area contributed by atoms with Crippen LogP contribution >= 0.6 is 11.3 Å². The normalized spacial score (nSPS) is 11.9. The van der Waals surface area contributed by atoms with Crippen LogP contribution in [0.25, 0.3) is 142 Å². The van der Waals surface area contributed by atoms with E-state index in [-0.39, 0.29) is 0 Å². The average Bonchev–Trinajstić information content (AvgIpc) is 4.21. The summed E-state index contributed by atoms with van der Waals surface area (Å²) in [7, 11) is 0. The molecule has 10 aromatic carbocycles. The van der Waals surface area contributed by atoms with Gasteiger partial charge in [0.05, 0.1) is 50.1 Å². The van der Waals surface area contributed by atoms with Crippen molar-refractivity contribution in [3.05, 3.63) is 230 Å². The van der Waals surface area contributed by atoms with E-state index in [2.05, 4.69) is 167 Å². The topological polar surface area (TPSA) is 72.6 Å². The average molecular weight is 936 g/mol. The molecule has 0 bridgehead atoms. The highest BCUT2D eigenvalue weighted by atomic mass is 32.1. The molecule has 0 amide bonds. The number of nitrogens with zero attached hydrogens (tertiary/aromatic N) is 5. The Morgan fingerprint density at radius 2 is 1.03 bits per heavy atom. The third-order valence-corrected chi connectivity index (χ3v) is 15.5. The number of rotatable bonds is 6. The predicted molar refractivity (Wildman–Crippen MR) is 297 cm³/mol. The Morgan fingerprint density at radius 1 is 0.431 bits per heavy atom. The van der Waals surface area contributed by atoms with E-state index in [0.29, 0.717) is 28.4 Å². The minimum atomic E-state index is 0.416.